The summed E-state index contributed by atoms with van der Waals surface area (Å²) in [6.45, 7) is 7.97. The zero-order valence-corrected chi connectivity index (χ0v) is 17.0. The van der Waals surface area contributed by atoms with Crippen molar-refractivity contribution in [3.8, 4) is 0 Å². The molecule has 2 bridgehead atoms. The molecule has 6 rings (SSSR count). The number of nitrogens with one attached hydrogen (secondary N) is 2. The summed E-state index contributed by atoms with van der Waals surface area (Å²) < 4.78 is 13.9. The summed E-state index contributed by atoms with van der Waals surface area (Å²) in [6.07, 6.45) is 4.95. The summed E-state index contributed by atoms with van der Waals surface area (Å²) in [5, 5.41) is 3.81. The molecule has 3 heterocycles. The highest BCUT2D eigenvalue weighted by Gasteiger charge is 2.57. The van der Waals surface area contributed by atoms with Crippen molar-refractivity contribution in [2.75, 3.05) is 0 Å². The molecular weight excluding hydrogens is 357 g/mol. The average Bonchev–Trinajstić information content (AvgIpc) is 3.05. The number of hydrogen-bond acceptors (Lipinski definition) is 4. The normalized spacial score (nSPS) is 29.5. The fraction of sp³-hybridized carbons (Fsp3) is 0.600. The van der Waals surface area contributed by atoms with Gasteiger partial charge in [-0.15, -0.1) is 0 Å². The molecule has 148 valence electrons. The lowest BCUT2D eigenvalue weighted by Crippen LogP contribution is -2.68. The summed E-state index contributed by atoms with van der Waals surface area (Å²) in [5.74, 6) is 0.626. The van der Waals surface area contributed by atoms with Crippen molar-refractivity contribution < 1.29 is 14.1 Å². The number of pyridine rings is 1. The van der Waals surface area contributed by atoms with E-state index in [1.165, 1.54) is 4.57 Å². The highest BCUT2D eigenvalue weighted by Crippen LogP contribution is 2.57. The van der Waals surface area contributed by atoms with Crippen LogP contribution in [0.3, 0.4) is 0 Å². The number of aromatic nitrogens is 2. The second-order valence-corrected chi connectivity index (χ2v) is 9.77. The molecule has 2 aromatic heterocycles. The molecule has 2 aromatic rings. The maximum atomic E-state index is 12.8. The first-order valence-corrected chi connectivity index (χ1v) is 9.91. The van der Waals surface area contributed by atoms with Gasteiger partial charge in [0.15, 0.2) is 0 Å². The third-order valence-corrected chi connectivity index (χ3v) is 7.16. The molecule has 1 saturated heterocycles. The largest absolute Gasteiger partial charge is 0.497 e. The smallest absolute Gasteiger partial charge is 0.399 e. The summed E-state index contributed by atoms with van der Waals surface area (Å²) >= 11 is 0. The van der Waals surface area contributed by atoms with Gasteiger partial charge >= 0.3 is 7.12 Å². The second-order valence-electron chi connectivity index (χ2n) is 9.77. The van der Waals surface area contributed by atoms with Crippen molar-refractivity contribution >= 4 is 29.4 Å². The first kappa shape index (κ1) is 18.0. The van der Waals surface area contributed by atoms with Gasteiger partial charge in [-0.3, -0.25) is 9.59 Å². The van der Waals surface area contributed by atoms with Gasteiger partial charge in [0.25, 0.3) is 11.5 Å². The van der Waals surface area contributed by atoms with Crippen LogP contribution in [0.25, 0.3) is 10.9 Å². The number of carbonyl (C=O) groups excluding carboxylic acids is 1. The van der Waals surface area contributed by atoms with Crippen LogP contribution in [0.5, 0.6) is 0 Å². The van der Waals surface area contributed by atoms with Crippen LogP contribution in [0.1, 0.15) is 57.4 Å². The molecule has 0 radical (unpaired) electrons. The maximum Gasteiger partial charge on any atom is 0.497 e. The Morgan fingerprint density at radius 3 is 2.36 bits per heavy atom. The van der Waals surface area contributed by atoms with Crippen LogP contribution >= 0.6 is 0 Å². The van der Waals surface area contributed by atoms with E-state index in [4.69, 9.17) is 9.31 Å². The number of hydrogen-bond donors (Lipinski definition) is 2. The van der Waals surface area contributed by atoms with E-state index < -0.39 is 18.3 Å². The molecule has 2 N–H and O–H groups in total. The van der Waals surface area contributed by atoms with E-state index in [-0.39, 0.29) is 17.0 Å². The second kappa shape index (κ2) is 5.30. The van der Waals surface area contributed by atoms with Crippen LogP contribution in [-0.4, -0.2) is 39.3 Å². The van der Waals surface area contributed by atoms with Gasteiger partial charge in [0.05, 0.1) is 11.2 Å². The molecule has 3 saturated carbocycles. The zero-order valence-electron chi connectivity index (χ0n) is 17.0. The summed E-state index contributed by atoms with van der Waals surface area (Å²) in [6, 6.07) is 1.75. The van der Waals surface area contributed by atoms with Gasteiger partial charge in [0, 0.05) is 29.6 Å². The monoisotopic (exact) mass is 383 g/mol. The highest BCUT2D eigenvalue weighted by atomic mass is 16.7. The third kappa shape index (κ3) is 2.37. The van der Waals surface area contributed by atoms with Crippen molar-refractivity contribution in [2.45, 2.75) is 63.7 Å². The Balaban J connectivity index is 1.55. The molecular formula is C20H26BN3O4. The molecule has 0 atom stereocenters. The van der Waals surface area contributed by atoms with Crippen LogP contribution in [0.15, 0.2) is 17.1 Å². The lowest BCUT2D eigenvalue weighted by molar-refractivity contribution is -0.0439. The van der Waals surface area contributed by atoms with E-state index in [0.29, 0.717) is 16.6 Å². The number of aryl methyl sites for hydroxylation is 1. The molecule has 1 amide bonds. The fourth-order valence-corrected chi connectivity index (χ4v) is 4.58. The Hall–Kier alpha value is -2.06. The number of rotatable bonds is 3. The Morgan fingerprint density at radius 1 is 1.21 bits per heavy atom. The van der Waals surface area contributed by atoms with Gasteiger partial charge in [0.1, 0.15) is 11.2 Å². The Labute approximate surface area is 163 Å². The molecule has 0 unspecified atom stereocenters. The average molecular weight is 383 g/mol. The predicted molar refractivity (Wildman–Crippen MR) is 107 cm³/mol. The van der Waals surface area contributed by atoms with Gasteiger partial charge in [-0.2, -0.15) is 0 Å². The minimum atomic E-state index is -0.608. The van der Waals surface area contributed by atoms with E-state index in [1.807, 2.05) is 27.7 Å². The Kier molecular flexibility index (Phi) is 3.41. The molecule has 0 spiro atoms. The predicted octanol–water partition coefficient (Wildman–Crippen LogP) is 1.45. The van der Waals surface area contributed by atoms with Crippen molar-refractivity contribution in [1.82, 2.24) is 14.9 Å². The summed E-state index contributed by atoms with van der Waals surface area (Å²) in [4.78, 5) is 28.5. The molecule has 28 heavy (non-hydrogen) atoms. The number of aromatic amines is 1. The molecule has 7 nitrogen and oxygen atoms in total. The van der Waals surface area contributed by atoms with Gasteiger partial charge in [-0.1, -0.05) is 0 Å². The maximum absolute atomic E-state index is 12.8. The summed E-state index contributed by atoms with van der Waals surface area (Å²) in [7, 11) is 1.09. The van der Waals surface area contributed by atoms with Gasteiger partial charge in [0.2, 0.25) is 0 Å². The zero-order chi connectivity index (χ0) is 20.1. The third-order valence-electron chi connectivity index (χ3n) is 7.16. The van der Waals surface area contributed by atoms with Gasteiger partial charge < -0.3 is 24.2 Å². The summed E-state index contributed by atoms with van der Waals surface area (Å²) in [5.41, 5.74) is 0.381. The van der Waals surface area contributed by atoms with Crippen molar-refractivity contribution in [1.29, 1.82) is 0 Å². The van der Waals surface area contributed by atoms with Crippen LogP contribution in [0.4, 0.5) is 0 Å². The fourth-order valence-electron chi connectivity index (χ4n) is 4.58. The lowest BCUT2D eigenvalue weighted by atomic mass is 9.50. The SMILES string of the molecule is Cn1cc(B2OC(C)(C)C(C)(C)O2)c2cc(C(=O)NC34CC(C3)C4)[nH]c2c1=O. The minimum Gasteiger partial charge on any atom is -0.399 e. The number of nitrogens with zero attached hydrogens (tertiary/aromatic N) is 1. The van der Waals surface area contributed by atoms with Crippen molar-refractivity contribution in [3.63, 3.8) is 0 Å². The molecule has 3 aliphatic carbocycles. The first-order chi connectivity index (χ1) is 13.0. The molecule has 8 heteroatoms. The van der Waals surface area contributed by atoms with Crippen LogP contribution < -0.4 is 16.3 Å². The van der Waals surface area contributed by atoms with Crippen molar-refractivity contribution in [3.05, 3.63) is 28.3 Å². The van der Waals surface area contributed by atoms with Crippen LogP contribution in [0, 0.1) is 5.92 Å². The lowest BCUT2D eigenvalue weighted by Gasteiger charge is -2.61. The number of carbonyl (C=O) groups is 1. The number of amides is 1. The molecule has 1 aliphatic heterocycles. The van der Waals surface area contributed by atoms with E-state index >= 15 is 0 Å². The highest BCUT2D eigenvalue weighted by molar-refractivity contribution is 6.65. The number of H-pyrrole nitrogens is 1. The quantitative estimate of drug-likeness (QED) is 0.786. The van der Waals surface area contributed by atoms with Crippen LogP contribution in [-0.2, 0) is 16.4 Å². The molecule has 4 fully saturated rings. The van der Waals surface area contributed by atoms with Crippen molar-refractivity contribution in [2.24, 2.45) is 13.0 Å². The topological polar surface area (TPSA) is 85.3 Å². The minimum absolute atomic E-state index is 0.0153. The standard InChI is InChI=1S/C20H26BN3O4/c1-18(2)19(3,4)28-21(27-18)13-10-24(5)17(26)15-12(13)6-14(22-15)16(25)23-20-7-11(8-20)9-20/h6,10-11,22H,7-9H2,1-5H3,(H,23,25). The Bertz CT molecular complexity index is 1030. The Morgan fingerprint density at radius 2 is 1.82 bits per heavy atom. The van der Waals surface area contributed by atoms with Gasteiger partial charge in [-0.05, 0) is 58.9 Å². The number of fused-ring (bicyclic) bond motifs is 1. The van der Waals surface area contributed by atoms with E-state index in [2.05, 4.69) is 10.3 Å². The van der Waals surface area contributed by atoms with Gasteiger partial charge in [-0.25, -0.2) is 0 Å². The molecule has 4 aliphatic rings. The van der Waals surface area contributed by atoms with E-state index in [0.717, 1.165) is 30.6 Å². The van der Waals surface area contributed by atoms with Crippen LogP contribution in [0.2, 0.25) is 0 Å². The molecule has 0 aromatic carbocycles. The van der Waals surface area contributed by atoms with E-state index in [9.17, 15) is 9.59 Å². The van der Waals surface area contributed by atoms with E-state index in [1.54, 1.807) is 19.3 Å². The first-order valence-electron chi connectivity index (χ1n) is 9.91.